The van der Waals surface area contributed by atoms with Crippen LogP contribution in [-0.4, -0.2) is 19.2 Å². The standard InChI is InChI=1S/C14H19NO/c1-15(2)11-6-3-5-10(9-11)14(16)12-7-4-8-13(12)14/h3,5-6,9,12-13,16H,4,7-8H2,1-2H3. The van der Waals surface area contributed by atoms with Crippen LogP contribution in [-0.2, 0) is 5.60 Å². The van der Waals surface area contributed by atoms with E-state index in [9.17, 15) is 5.11 Å². The number of fused-ring (bicyclic) bond motifs is 1. The van der Waals surface area contributed by atoms with E-state index in [0.29, 0.717) is 11.8 Å². The molecule has 0 amide bonds. The van der Waals surface area contributed by atoms with Gasteiger partial charge in [-0.3, -0.25) is 0 Å². The zero-order chi connectivity index (χ0) is 11.3. The summed E-state index contributed by atoms with van der Waals surface area (Å²) >= 11 is 0. The summed E-state index contributed by atoms with van der Waals surface area (Å²) in [6.07, 6.45) is 3.70. The molecule has 0 aromatic heterocycles. The number of hydrogen-bond donors (Lipinski definition) is 1. The number of hydrogen-bond acceptors (Lipinski definition) is 2. The first-order valence-electron chi connectivity index (χ1n) is 6.14. The molecule has 0 spiro atoms. The maximum atomic E-state index is 10.7. The van der Waals surface area contributed by atoms with Gasteiger partial charge < -0.3 is 10.0 Å². The highest BCUT2D eigenvalue weighted by Gasteiger charge is 2.66. The molecule has 2 aliphatic rings. The smallest absolute Gasteiger partial charge is 0.0960 e. The lowest BCUT2D eigenvalue weighted by Gasteiger charge is -2.18. The van der Waals surface area contributed by atoms with E-state index in [0.717, 1.165) is 5.56 Å². The fraction of sp³-hybridized carbons (Fsp3) is 0.571. The van der Waals surface area contributed by atoms with Gasteiger partial charge in [0.05, 0.1) is 5.60 Å². The fourth-order valence-electron chi connectivity index (χ4n) is 3.38. The fourth-order valence-corrected chi connectivity index (χ4v) is 3.38. The highest BCUT2D eigenvalue weighted by Crippen LogP contribution is 2.66. The van der Waals surface area contributed by atoms with Gasteiger partial charge in [-0.1, -0.05) is 18.6 Å². The van der Waals surface area contributed by atoms with Gasteiger partial charge in [0.15, 0.2) is 0 Å². The zero-order valence-electron chi connectivity index (χ0n) is 9.98. The van der Waals surface area contributed by atoms with E-state index in [4.69, 9.17) is 0 Å². The third-order valence-electron chi connectivity index (χ3n) is 4.36. The van der Waals surface area contributed by atoms with Gasteiger partial charge in [-0.2, -0.15) is 0 Å². The van der Waals surface area contributed by atoms with Crippen molar-refractivity contribution in [2.24, 2.45) is 11.8 Å². The summed E-state index contributed by atoms with van der Waals surface area (Å²) in [5, 5.41) is 10.7. The lowest BCUT2D eigenvalue weighted by atomic mass is 9.98. The van der Waals surface area contributed by atoms with Crippen LogP contribution in [0.4, 0.5) is 5.69 Å². The summed E-state index contributed by atoms with van der Waals surface area (Å²) in [6, 6.07) is 8.35. The van der Waals surface area contributed by atoms with Crippen molar-refractivity contribution in [2.45, 2.75) is 24.9 Å². The predicted molar refractivity (Wildman–Crippen MR) is 65.5 cm³/mol. The second-order valence-corrected chi connectivity index (χ2v) is 5.41. The van der Waals surface area contributed by atoms with E-state index < -0.39 is 5.60 Å². The first-order chi connectivity index (χ1) is 7.64. The third-order valence-corrected chi connectivity index (χ3v) is 4.36. The molecule has 2 unspecified atom stereocenters. The Morgan fingerprint density at radius 1 is 1.25 bits per heavy atom. The molecule has 1 aromatic rings. The molecule has 0 saturated heterocycles. The molecule has 2 atom stereocenters. The molecule has 86 valence electrons. The molecule has 2 heteroatoms. The first kappa shape index (κ1) is 10.2. The molecular formula is C14H19NO. The average molecular weight is 217 g/mol. The summed E-state index contributed by atoms with van der Waals surface area (Å²) in [5.41, 5.74) is 1.80. The van der Waals surface area contributed by atoms with Crippen LogP contribution in [0.5, 0.6) is 0 Å². The maximum absolute atomic E-state index is 10.7. The van der Waals surface area contributed by atoms with Crippen molar-refractivity contribution in [3.8, 4) is 0 Å². The molecule has 0 bridgehead atoms. The molecule has 2 aliphatic carbocycles. The average Bonchev–Trinajstić information content (AvgIpc) is 2.69. The van der Waals surface area contributed by atoms with Crippen molar-refractivity contribution in [2.75, 3.05) is 19.0 Å². The van der Waals surface area contributed by atoms with E-state index in [-0.39, 0.29) is 0 Å². The van der Waals surface area contributed by atoms with Crippen LogP contribution in [0.1, 0.15) is 24.8 Å². The minimum Gasteiger partial charge on any atom is -0.385 e. The lowest BCUT2D eigenvalue weighted by Crippen LogP contribution is -2.15. The summed E-state index contributed by atoms with van der Waals surface area (Å²) in [4.78, 5) is 2.09. The molecule has 3 rings (SSSR count). The first-order valence-corrected chi connectivity index (χ1v) is 6.14. The summed E-state index contributed by atoms with van der Waals surface area (Å²) in [7, 11) is 4.08. The van der Waals surface area contributed by atoms with Gasteiger partial charge in [0.1, 0.15) is 0 Å². The van der Waals surface area contributed by atoms with Gasteiger partial charge in [-0.15, -0.1) is 0 Å². The Morgan fingerprint density at radius 2 is 1.94 bits per heavy atom. The Balaban J connectivity index is 1.93. The molecule has 2 nitrogen and oxygen atoms in total. The minimum absolute atomic E-state index is 0.496. The SMILES string of the molecule is CN(C)c1cccc(C2(O)C3CCCC32)c1. The Labute approximate surface area is 96.9 Å². The monoisotopic (exact) mass is 217 g/mol. The van der Waals surface area contributed by atoms with Crippen molar-refractivity contribution in [3.05, 3.63) is 29.8 Å². The molecule has 16 heavy (non-hydrogen) atoms. The second-order valence-electron chi connectivity index (χ2n) is 5.41. The molecule has 2 fully saturated rings. The topological polar surface area (TPSA) is 23.5 Å². The Hall–Kier alpha value is -1.02. The highest BCUT2D eigenvalue weighted by molar-refractivity contribution is 5.50. The quantitative estimate of drug-likeness (QED) is 0.822. The van der Waals surface area contributed by atoms with Crippen LogP contribution >= 0.6 is 0 Å². The number of rotatable bonds is 2. The van der Waals surface area contributed by atoms with Gasteiger partial charge in [-0.25, -0.2) is 0 Å². The van der Waals surface area contributed by atoms with Crippen LogP contribution in [0.25, 0.3) is 0 Å². The molecule has 0 heterocycles. The number of anilines is 1. The van der Waals surface area contributed by atoms with E-state index >= 15 is 0 Å². The van der Waals surface area contributed by atoms with Crippen molar-refractivity contribution in [3.63, 3.8) is 0 Å². The Kier molecular flexibility index (Phi) is 2.05. The van der Waals surface area contributed by atoms with Crippen LogP contribution in [0.3, 0.4) is 0 Å². The van der Waals surface area contributed by atoms with Gasteiger partial charge in [0, 0.05) is 19.8 Å². The van der Waals surface area contributed by atoms with Gasteiger partial charge in [0.2, 0.25) is 0 Å². The molecule has 1 aromatic carbocycles. The van der Waals surface area contributed by atoms with Crippen molar-refractivity contribution < 1.29 is 5.11 Å². The molecule has 0 radical (unpaired) electrons. The van der Waals surface area contributed by atoms with Gasteiger partial charge in [-0.05, 0) is 42.4 Å². The largest absolute Gasteiger partial charge is 0.385 e. The summed E-state index contributed by atoms with van der Waals surface area (Å²) in [5.74, 6) is 1.06. The zero-order valence-corrected chi connectivity index (χ0v) is 9.98. The number of nitrogens with zero attached hydrogens (tertiary/aromatic N) is 1. The molecule has 2 saturated carbocycles. The van der Waals surface area contributed by atoms with Crippen molar-refractivity contribution in [1.82, 2.24) is 0 Å². The van der Waals surface area contributed by atoms with E-state index in [1.165, 1.54) is 24.9 Å². The predicted octanol–water partition coefficient (Wildman–Crippen LogP) is 2.37. The normalized spacial score (nSPS) is 35.9. The Bertz CT molecular complexity index is 403. The van der Waals surface area contributed by atoms with Gasteiger partial charge >= 0.3 is 0 Å². The maximum Gasteiger partial charge on any atom is 0.0960 e. The second kappa shape index (κ2) is 3.24. The van der Waals surface area contributed by atoms with Crippen LogP contribution < -0.4 is 4.90 Å². The minimum atomic E-state index is -0.496. The van der Waals surface area contributed by atoms with Gasteiger partial charge in [0.25, 0.3) is 0 Å². The third kappa shape index (κ3) is 1.23. The van der Waals surface area contributed by atoms with Crippen LogP contribution in [0, 0.1) is 11.8 Å². The van der Waals surface area contributed by atoms with E-state index in [2.05, 4.69) is 29.2 Å². The van der Waals surface area contributed by atoms with E-state index in [1.807, 2.05) is 14.1 Å². The number of benzene rings is 1. The van der Waals surface area contributed by atoms with Crippen molar-refractivity contribution in [1.29, 1.82) is 0 Å². The summed E-state index contributed by atoms with van der Waals surface area (Å²) < 4.78 is 0. The lowest BCUT2D eigenvalue weighted by molar-refractivity contribution is 0.105. The molecule has 0 aliphatic heterocycles. The molecule has 1 N–H and O–H groups in total. The van der Waals surface area contributed by atoms with Crippen molar-refractivity contribution >= 4 is 5.69 Å². The number of aliphatic hydroxyl groups is 1. The van der Waals surface area contributed by atoms with E-state index in [1.54, 1.807) is 0 Å². The van der Waals surface area contributed by atoms with Crippen LogP contribution in [0.2, 0.25) is 0 Å². The Morgan fingerprint density at radius 3 is 2.56 bits per heavy atom. The molecular weight excluding hydrogens is 198 g/mol. The highest BCUT2D eigenvalue weighted by atomic mass is 16.3. The van der Waals surface area contributed by atoms with Crippen LogP contribution in [0.15, 0.2) is 24.3 Å². The summed E-state index contributed by atoms with van der Waals surface area (Å²) in [6.45, 7) is 0.